The minimum atomic E-state index is 0.163. The lowest BCUT2D eigenvalue weighted by atomic mass is 10.1. The minimum Gasteiger partial charge on any atom is -0.508 e. The zero-order valence-electron chi connectivity index (χ0n) is 11.6. The van der Waals surface area contributed by atoms with Gasteiger partial charge in [0.05, 0.1) is 0 Å². The van der Waals surface area contributed by atoms with Gasteiger partial charge in [-0.1, -0.05) is 30.3 Å². The Balaban J connectivity index is 1.80. The van der Waals surface area contributed by atoms with Crippen LogP contribution in [0.3, 0.4) is 0 Å². The van der Waals surface area contributed by atoms with Gasteiger partial charge in [0.1, 0.15) is 17.6 Å². The smallest absolute Gasteiger partial charge is 0.124 e. The fourth-order valence-corrected chi connectivity index (χ4v) is 2.71. The van der Waals surface area contributed by atoms with Crippen molar-refractivity contribution in [2.45, 2.75) is 26.1 Å². The van der Waals surface area contributed by atoms with Crippen LogP contribution in [0.5, 0.6) is 11.5 Å². The maximum absolute atomic E-state index is 9.56. The van der Waals surface area contributed by atoms with Gasteiger partial charge < -0.3 is 9.84 Å². The quantitative estimate of drug-likeness (QED) is 0.909. The second-order valence-electron chi connectivity index (χ2n) is 5.38. The van der Waals surface area contributed by atoms with Crippen molar-refractivity contribution >= 4 is 0 Å². The second-order valence-corrected chi connectivity index (χ2v) is 5.38. The van der Waals surface area contributed by atoms with Crippen LogP contribution in [-0.4, -0.2) is 22.7 Å². The standard InChI is InChI=1S/C17H19NO2/c1-13-10-18(11-14-5-4-7-16(19)9-14)12-15-6-2-3-8-17(15)20-13/h2-9,13,19H,10-12H2,1H3. The molecule has 104 valence electrons. The molecule has 2 aromatic carbocycles. The van der Waals surface area contributed by atoms with Crippen LogP contribution in [0.2, 0.25) is 0 Å². The molecule has 0 spiro atoms. The summed E-state index contributed by atoms with van der Waals surface area (Å²) in [6.45, 7) is 4.66. The maximum atomic E-state index is 9.56. The van der Waals surface area contributed by atoms with Crippen molar-refractivity contribution in [3.05, 3.63) is 59.7 Å². The van der Waals surface area contributed by atoms with Gasteiger partial charge in [0.15, 0.2) is 0 Å². The topological polar surface area (TPSA) is 32.7 Å². The van der Waals surface area contributed by atoms with Crippen molar-refractivity contribution in [1.82, 2.24) is 4.90 Å². The number of fused-ring (bicyclic) bond motifs is 1. The summed E-state index contributed by atoms with van der Waals surface area (Å²) in [6, 6.07) is 15.7. The Morgan fingerprint density at radius 3 is 2.90 bits per heavy atom. The first-order chi connectivity index (χ1) is 9.70. The van der Waals surface area contributed by atoms with Crippen molar-refractivity contribution in [3.8, 4) is 11.5 Å². The first kappa shape index (κ1) is 13.0. The molecule has 0 saturated carbocycles. The summed E-state index contributed by atoms with van der Waals surface area (Å²) in [6.07, 6.45) is 0.163. The molecule has 1 aliphatic heterocycles. The minimum absolute atomic E-state index is 0.163. The van der Waals surface area contributed by atoms with Gasteiger partial charge in [-0.3, -0.25) is 4.90 Å². The summed E-state index contributed by atoms with van der Waals surface area (Å²) in [5.74, 6) is 1.31. The molecule has 0 aromatic heterocycles. The van der Waals surface area contributed by atoms with Gasteiger partial charge in [-0.2, -0.15) is 0 Å². The molecule has 1 N–H and O–H groups in total. The zero-order valence-corrected chi connectivity index (χ0v) is 11.6. The molecule has 1 aliphatic rings. The van der Waals surface area contributed by atoms with Gasteiger partial charge in [0.2, 0.25) is 0 Å². The van der Waals surface area contributed by atoms with E-state index in [-0.39, 0.29) is 6.10 Å². The number of hydrogen-bond acceptors (Lipinski definition) is 3. The lowest BCUT2D eigenvalue weighted by Crippen LogP contribution is -2.30. The lowest BCUT2D eigenvalue weighted by Gasteiger charge is -2.21. The molecular formula is C17H19NO2. The summed E-state index contributed by atoms with van der Waals surface area (Å²) < 4.78 is 5.96. The van der Waals surface area contributed by atoms with Crippen LogP contribution in [0, 0.1) is 0 Å². The highest BCUT2D eigenvalue weighted by molar-refractivity contribution is 5.34. The third-order valence-corrected chi connectivity index (χ3v) is 3.53. The number of para-hydroxylation sites is 1. The monoisotopic (exact) mass is 269 g/mol. The van der Waals surface area contributed by atoms with Gasteiger partial charge >= 0.3 is 0 Å². The highest BCUT2D eigenvalue weighted by atomic mass is 16.5. The number of aromatic hydroxyl groups is 1. The van der Waals surface area contributed by atoms with Gasteiger partial charge in [-0.05, 0) is 30.7 Å². The van der Waals surface area contributed by atoms with Crippen LogP contribution in [0.25, 0.3) is 0 Å². The summed E-state index contributed by atoms with van der Waals surface area (Å²) >= 11 is 0. The number of ether oxygens (including phenoxy) is 1. The molecule has 0 aliphatic carbocycles. The molecule has 0 saturated heterocycles. The fraction of sp³-hybridized carbons (Fsp3) is 0.294. The largest absolute Gasteiger partial charge is 0.508 e. The first-order valence-electron chi connectivity index (χ1n) is 6.95. The van der Waals surface area contributed by atoms with E-state index in [9.17, 15) is 5.11 Å². The zero-order chi connectivity index (χ0) is 13.9. The summed E-state index contributed by atoms with van der Waals surface area (Å²) in [7, 11) is 0. The Morgan fingerprint density at radius 1 is 1.20 bits per heavy atom. The van der Waals surface area contributed by atoms with E-state index in [4.69, 9.17) is 4.74 Å². The summed E-state index contributed by atoms with van der Waals surface area (Å²) in [5.41, 5.74) is 2.34. The van der Waals surface area contributed by atoms with Crippen LogP contribution < -0.4 is 4.74 Å². The normalized spacial score (nSPS) is 18.9. The average molecular weight is 269 g/mol. The Morgan fingerprint density at radius 2 is 2.05 bits per heavy atom. The Hall–Kier alpha value is -2.00. The molecule has 1 heterocycles. The molecule has 3 nitrogen and oxygen atoms in total. The van der Waals surface area contributed by atoms with E-state index in [2.05, 4.69) is 17.9 Å². The number of phenols is 1. The Bertz CT molecular complexity index is 597. The van der Waals surface area contributed by atoms with Crippen LogP contribution >= 0.6 is 0 Å². The number of hydrogen-bond donors (Lipinski definition) is 1. The molecule has 0 amide bonds. The molecule has 0 bridgehead atoms. The molecule has 0 fully saturated rings. The summed E-state index contributed by atoms with van der Waals surface area (Å²) in [5, 5.41) is 9.56. The molecular weight excluding hydrogens is 250 g/mol. The van der Waals surface area contributed by atoms with Crippen molar-refractivity contribution in [3.63, 3.8) is 0 Å². The average Bonchev–Trinajstić information content (AvgIpc) is 2.56. The van der Waals surface area contributed by atoms with Gasteiger partial charge in [-0.15, -0.1) is 0 Å². The highest BCUT2D eigenvalue weighted by Gasteiger charge is 2.19. The number of phenolic OH excluding ortho intramolecular Hbond substituents is 1. The van der Waals surface area contributed by atoms with Gasteiger partial charge in [-0.25, -0.2) is 0 Å². The van der Waals surface area contributed by atoms with Crippen LogP contribution in [0.4, 0.5) is 0 Å². The van der Waals surface area contributed by atoms with Gasteiger partial charge in [0.25, 0.3) is 0 Å². The van der Waals surface area contributed by atoms with E-state index in [0.29, 0.717) is 5.75 Å². The van der Waals surface area contributed by atoms with E-state index in [1.54, 1.807) is 6.07 Å². The second kappa shape index (κ2) is 5.55. The van der Waals surface area contributed by atoms with E-state index < -0.39 is 0 Å². The van der Waals surface area contributed by atoms with Crippen LogP contribution in [0.1, 0.15) is 18.1 Å². The molecule has 1 atom stereocenters. The van der Waals surface area contributed by atoms with Crippen molar-refractivity contribution < 1.29 is 9.84 Å². The van der Waals surface area contributed by atoms with Crippen LogP contribution in [-0.2, 0) is 13.1 Å². The van der Waals surface area contributed by atoms with E-state index >= 15 is 0 Å². The number of rotatable bonds is 2. The Labute approximate surface area is 119 Å². The fourth-order valence-electron chi connectivity index (χ4n) is 2.71. The van der Waals surface area contributed by atoms with Crippen molar-refractivity contribution in [1.29, 1.82) is 0 Å². The summed E-state index contributed by atoms with van der Waals surface area (Å²) in [4.78, 5) is 2.35. The predicted octanol–water partition coefficient (Wildman–Crippen LogP) is 3.18. The van der Waals surface area contributed by atoms with Gasteiger partial charge in [0, 0.05) is 25.2 Å². The number of nitrogens with zero attached hydrogens (tertiary/aromatic N) is 1. The SMILES string of the molecule is CC1CN(Cc2cccc(O)c2)Cc2ccccc2O1. The first-order valence-corrected chi connectivity index (χ1v) is 6.95. The number of benzene rings is 2. The molecule has 1 unspecified atom stereocenters. The third kappa shape index (κ3) is 2.94. The molecule has 0 radical (unpaired) electrons. The molecule has 3 heteroatoms. The van der Waals surface area contributed by atoms with Crippen molar-refractivity contribution in [2.24, 2.45) is 0 Å². The molecule has 2 aromatic rings. The lowest BCUT2D eigenvalue weighted by molar-refractivity contribution is 0.156. The third-order valence-electron chi connectivity index (χ3n) is 3.53. The van der Waals surface area contributed by atoms with E-state index in [1.807, 2.05) is 36.4 Å². The maximum Gasteiger partial charge on any atom is 0.124 e. The van der Waals surface area contributed by atoms with E-state index in [0.717, 1.165) is 30.9 Å². The van der Waals surface area contributed by atoms with Crippen molar-refractivity contribution in [2.75, 3.05) is 6.54 Å². The predicted molar refractivity (Wildman–Crippen MR) is 78.8 cm³/mol. The van der Waals surface area contributed by atoms with Crippen LogP contribution in [0.15, 0.2) is 48.5 Å². The highest BCUT2D eigenvalue weighted by Crippen LogP contribution is 2.25. The Kier molecular flexibility index (Phi) is 3.61. The van der Waals surface area contributed by atoms with E-state index in [1.165, 1.54) is 5.56 Å². The molecule has 3 rings (SSSR count). The molecule has 20 heavy (non-hydrogen) atoms.